The molecule has 0 aromatic carbocycles. The third kappa shape index (κ3) is 2.92. The van der Waals surface area contributed by atoms with E-state index in [0.717, 1.165) is 11.0 Å². The van der Waals surface area contributed by atoms with Crippen LogP contribution in [0.5, 0.6) is 0 Å². The summed E-state index contributed by atoms with van der Waals surface area (Å²) in [4.78, 5) is 3.49. The van der Waals surface area contributed by atoms with Crippen LogP contribution in [-0.4, -0.2) is 33.9 Å². The number of nitrogens with zero attached hydrogens (tertiary/aromatic N) is 1. The van der Waals surface area contributed by atoms with Crippen LogP contribution in [0.2, 0.25) is 0 Å². The molecular weight excluding hydrogens is 214 g/mol. The Hall–Kier alpha value is -0.690. The number of hydrogen-bond donors (Lipinski definition) is 0. The van der Waals surface area contributed by atoms with Crippen molar-refractivity contribution >= 4 is 25.2 Å². The maximum atomic E-state index is 11.1. The normalized spacial score (nSPS) is 20.2. The highest BCUT2D eigenvalue weighted by Gasteiger charge is 2.18. The highest BCUT2D eigenvalue weighted by Crippen LogP contribution is 2.11. The first-order valence-corrected chi connectivity index (χ1v) is 6.98. The summed E-state index contributed by atoms with van der Waals surface area (Å²) >= 11 is 0. The lowest BCUT2D eigenvalue weighted by atomic mass is 10.6. The van der Waals surface area contributed by atoms with Crippen LogP contribution >= 0.6 is 0 Å². The van der Waals surface area contributed by atoms with E-state index >= 15 is 0 Å². The molecule has 0 aromatic rings. The summed E-state index contributed by atoms with van der Waals surface area (Å²) in [6.45, 7) is 1.50. The number of sulfone groups is 2. The van der Waals surface area contributed by atoms with Crippen LogP contribution in [0.15, 0.2) is 16.1 Å². The van der Waals surface area contributed by atoms with E-state index in [4.69, 9.17) is 0 Å². The molecule has 0 N–H and O–H groups in total. The minimum absolute atomic E-state index is 0.0140. The Morgan fingerprint density at radius 2 is 2.08 bits per heavy atom. The molecule has 1 aliphatic rings. The van der Waals surface area contributed by atoms with E-state index in [9.17, 15) is 16.8 Å². The largest absolute Gasteiger partial charge is 0.247 e. The zero-order valence-corrected chi connectivity index (χ0v) is 8.60. The molecule has 0 saturated heterocycles. The maximum Gasteiger partial charge on any atom is 0.211 e. The molecule has 1 heterocycles. The molecule has 0 radical (unpaired) electrons. The fourth-order valence-corrected chi connectivity index (χ4v) is 2.58. The Morgan fingerprint density at radius 3 is 2.46 bits per heavy atom. The SMILES string of the molecule is CCS(=O)(=O)CC1=CS(=O)(=O)C=N1. The second kappa shape index (κ2) is 3.22. The molecule has 0 saturated carbocycles. The number of hydrogen-bond acceptors (Lipinski definition) is 5. The van der Waals surface area contributed by atoms with E-state index in [1.807, 2.05) is 0 Å². The van der Waals surface area contributed by atoms with Gasteiger partial charge < -0.3 is 0 Å². The molecule has 0 unspecified atom stereocenters. The maximum absolute atomic E-state index is 11.1. The first-order chi connectivity index (χ1) is 5.85. The molecule has 1 rings (SSSR count). The lowest BCUT2D eigenvalue weighted by Gasteiger charge is -1.97. The summed E-state index contributed by atoms with van der Waals surface area (Å²) < 4.78 is 43.7. The van der Waals surface area contributed by atoms with Gasteiger partial charge in [-0.25, -0.2) is 21.8 Å². The molecule has 1 aliphatic heterocycles. The van der Waals surface area contributed by atoms with Crippen molar-refractivity contribution in [1.29, 1.82) is 0 Å². The van der Waals surface area contributed by atoms with Crippen molar-refractivity contribution < 1.29 is 16.8 Å². The van der Waals surface area contributed by atoms with E-state index in [1.165, 1.54) is 6.92 Å². The van der Waals surface area contributed by atoms with Crippen molar-refractivity contribution in [2.75, 3.05) is 11.5 Å². The molecule has 74 valence electrons. The third-order valence-corrected chi connectivity index (χ3v) is 4.09. The lowest BCUT2D eigenvalue weighted by molar-refractivity contribution is 0.599. The minimum Gasteiger partial charge on any atom is -0.247 e. The topological polar surface area (TPSA) is 80.6 Å². The first-order valence-electron chi connectivity index (χ1n) is 3.55. The Morgan fingerprint density at radius 1 is 1.46 bits per heavy atom. The van der Waals surface area contributed by atoms with Crippen LogP contribution in [0, 0.1) is 0 Å². The zero-order chi connectivity index (χ0) is 10.1. The number of aliphatic imine (C=N–C) groups is 1. The van der Waals surface area contributed by atoms with Crippen LogP contribution in [-0.2, 0) is 19.7 Å². The molecule has 5 nitrogen and oxygen atoms in total. The van der Waals surface area contributed by atoms with Crippen LogP contribution < -0.4 is 0 Å². The molecule has 13 heavy (non-hydrogen) atoms. The average molecular weight is 223 g/mol. The predicted octanol–water partition coefficient (Wildman–Crippen LogP) is -0.281. The fraction of sp³-hybridized carbons (Fsp3) is 0.500. The third-order valence-electron chi connectivity index (χ3n) is 1.47. The molecule has 0 bridgehead atoms. The Kier molecular flexibility index (Phi) is 2.58. The number of rotatable bonds is 3. The summed E-state index contributed by atoms with van der Waals surface area (Å²) in [7, 11) is -6.59. The Bertz CT molecular complexity index is 455. The van der Waals surface area contributed by atoms with Crippen LogP contribution in [0.4, 0.5) is 0 Å². The Balaban J connectivity index is 2.88. The van der Waals surface area contributed by atoms with Crippen molar-refractivity contribution in [3.8, 4) is 0 Å². The van der Waals surface area contributed by atoms with Crippen molar-refractivity contribution in [3.05, 3.63) is 11.1 Å². The highest BCUT2D eigenvalue weighted by molar-refractivity contribution is 8.07. The van der Waals surface area contributed by atoms with Crippen LogP contribution in [0.3, 0.4) is 0 Å². The van der Waals surface area contributed by atoms with Gasteiger partial charge in [0.1, 0.15) is 5.55 Å². The van der Waals surface area contributed by atoms with Gasteiger partial charge in [-0.3, -0.25) is 0 Å². The van der Waals surface area contributed by atoms with Crippen molar-refractivity contribution in [2.24, 2.45) is 4.99 Å². The second-order valence-corrected chi connectivity index (χ2v) is 6.59. The van der Waals surface area contributed by atoms with E-state index in [1.54, 1.807) is 0 Å². The van der Waals surface area contributed by atoms with Gasteiger partial charge in [-0.05, 0) is 0 Å². The summed E-state index contributed by atoms with van der Waals surface area (Å²) in [5, 5.41) is 0.875. The van der Waals surface area contributed by atoms with Crippen molar-refractivity contribution in [2.45, 2.75) is 6.92 Å². The van der Waals surface area contributed by atoms with Gasteiger partial charge in [-0.2, -0.15) is 0 Å². The highest BCUT2D eigenvalue weighted by atomic mass is 32.2. The van der Waals surface area contributed by atoms with Crippen LogP contribution in [0.1, 0.15) is 6.92 Å². The van der Waals surface area contributed by atoms with E-state index in [0.29, 0.717) is 0 Å². The molecule has 7 heteroatoms. The summed E-state index contributed by atoms with van der Waals surface area (Å²) in [5.74, 6) is -0.320. The zero-order valence-electron chi connectivity index (χ0n) is 6.97. The fourth-order valence-electron chi connectivity index (χ4n) is 0.790. The molecule has 0 aliphatic carbocycles. The summed E-state index contributed by atoms with van der Waals surface area (Å²) in [5.41, 5.74) is 0.843. The van der Waals surface area contributed by atoms with E-state index < -0.39 is 19.7 Å². The smallest absolute Gasteiger partial charge is 0.211 e. The van der Waals surface area contributed by atoms with Gasteiger partial charge in [-0.1, -0.05) is 6.92 Å². The molecule has 0 atom stereocenters. The first kappa shape index (κ1) is 10.4. The van der Waals surface area contributed by atoms with Gasteiger partial charge in [-0.15, -0.1) is 0 Å². The van der Waals surface area contributed by atoms with Gasteiger partial charge in [0.05, 0.1) is 16.9 Å². The van der Waals surface area contributed by atoms with Crippen molar-refractivity contribution in [3.63, 3.8) is 0 Å². The standard InChI is InChI=1S/C6H9NO4S2/c1-2-12(8,9)3-6-4-13(10,11)5-7-6/h4-5H,2-3H2,1H3. The minimum atomic E-state index is -3.39. The molecular formula is C6H9NO4S2. The lowest BCUT2D eigenvalue weighted by Crippen LogP contribution is -2.09. The molecule has 0 spiro atoms. The monoisotopic (exact) mass is 223 g/mol. The van der Waals surface area contributed by atoms with E-state index in [-0.39, 0.29) is 17.2 Å². The van der Waals surface area contributed by atoms with Gasteiger partial charge >= 0.3 is 0 Å². The van der Waals surface area contributed by atoms with Gasteiger partial charge in [0.25, 0.3) is 0 Å². The van der Waals surface area contributed by atoms with Gasteiger partial charge in [0, 0.05) is 5.75 Å². The van der Waals surface area contributed by atoms with Crippen molar-refractivity contribution in [1.82, 2.24) is 0 Å². The predicted molar refractivity (Wildman–Crippen MR) is 49.8 cm³/mol. The van der Waals surface area contributed by atoms with Crippen LogP contribution in [0.25, 0.3) is 0 Å². The molecule has 0 fully saturated rings. The molecule has 0 amide bonds. The summed E-state index contributed by atoms with van der Waals surface area (Å²) in [6.07, 6.45) is 0. The summed E-state index contributed by atoms with van der Waals surface area (Å²) in [6, 6.07) is 0. The van der Waals surface area contributed by atoms with Gasteiger partial charge in [0.2, 0.25) is 9.84 Å². The van der Waals surface area contributed by atoms with Gasteiger partial charge in [0.15, 0.2) is 9.84 Å². The Labute approximate surface area is 77.0 Å². The quantitative estimate of drug-likeness (QED) is 0.659. The molecule has 0 aromatic heterocycles. The average Bonchev–Trinajstić information content (AvgIpc) is 2.29. The van der Waals surface area contributed by atoms with E-state index in [2.05, 4.69) is 4.99 Å². The second-order valence-electron chi connectivity index (χ2n) is 2.61.